The van der Waals surface area contributed by atoms with Crippen LogP contribution in [0.4, 0.5) is 5.69 Å². The summed E-state index contributed by atoms with van der Waals surface area (Å²) in [7, 11) is 0. The quantitative estimate of drug-likeness (QED) is 0.396. The molecule has 0 unspecified atom stereocenters. The molecule has 0 aromatic heterocycles. The maximum atomic E-state index is 6.21. The summed E-state index contributed by atoms with van der Waals surface area (Å²) in [6.45, 7) is 0. The SMILES string of the molecule is Nc1ccc(Cl)cc1-c1ccccc1-c1ccc(-c2ccccc2)cc1. The number of nitrogen functional groups attached to an aromatic ring is 1. The van der Waals surface area contributed by atoms with E-state index in [-0.39, 0.29) is 0 Å². The summed E-state index contributed by atoms with van der Waals surface area (Å²) in [5.41, 5.74) is 13.7. The van der Waals surface area contributed by atoms with Crippen molar-refractivity contribution >= 4 is 17.3 Å². The number of nitrogens with two attached hydrogens (primary N) is 1. The smallest absolute Gasteiger partial charge is 0.0413 e. The second-order valence-corrected chi connectivity index (χ2v) is 6.66. The summed E-state index contributed by atoms with van der Waals surface area (Å²) < 4.78 is 0. The Morgan fingerprint density at radius 2 is 1.08 bits per heavy atom. The van der Waals surface area contributed by atoms with Crippen LogP contribution >= 0.6 is 11.6 Å². The van der Waals surface area contributed by atoms with Crippen LogP contribution in [0.1, 0.15) is 0 Å². The van der Waals surface area contributed by atoms with Crippen LogP contribution in [0.15, 0.2) is 97.1 Å². The van der Waals surface area contributed by atoms with E-state index in [2.05, 4.69) is 60.7 Å². The zero-order valence-corrected chi connectivity index (χ0v) is 14.9. The topological polar surface area (TPSA) is 26.0 Å². The minimum atomic E-state index is 0.684. The Labute approximate surface area is 158 Å². The second-order valence-electron chi connectivity index (χ2n) is 6.22. The molecule has 0 amide bonds. The van der Waals surface area contributed by atoms with E-state index in [0.29, 0.717) is 5.02 Å². The molecule has 0 aliphatic rings. The third-order valence-electron chi connectivity index (χ3n) is 4.54. The number of anilines is 1. The molecule has 0 fully saturated rings. The number of rotatable bonds is 3. The monoisotopic (exact) mass is 355 g/mol. The number of hydrogen-bond donors (Lipinski definition) is 1. The molecule has 1 nitrogen and oxygen atoms in total. The van der Waals surface area contributed by atoms with Crippen molar-refractivity contribution in [2.75, 3.05) is 5.73 Å². The van der Waals surface area contributed by atoms with Gasteiger partial charge in [-0.05, 0) is 46.0 Å². The highest BCUT2D eigenvalue weighted by atomic mass is 35.5. The summed E-state index contributed by atoms with van der Waals surface area (Å²) in [5.74, 6) is 0. The Kier molecular flexibility index (Phi) is 4.47. The molecule has 0 aliphatic heterocycles. The van der Waals surface area contributed by atoms with E-state index in [4.69, 9.17) is 17.3 Å². The normalized spacial score (nSPS) is 10.7. The molecule has 26 heavy (non-hydrogen) atoms. The Hall–Kier alpha value is -3.03. The van der Waals surface area contributed by atoms with Crippen LogP contribution in [-0.2, 0) is 0 Å². The van der Waals surface area contributed by atoms with Gasteiger partial charge in [-0.3, -0.25) is 0 Å². The maximum absolute atomic E-state index is 6.21. The second kappa shape index (κ2) is 7.07. The van der Waals surface area contributed by atoms with Gasteiger partial charge < -0.3 is 5.73 Å². The summed E-state index contributed by atoms with van der Waals surface area (Å²) >= 11 is 6.20. The largest absolute Gasteiger partial charge is 0.398 e. The molecule has 0 saturated carbocycles. The Balaban J connectivity index is 1.79. The Morgan fingerprint density at radius 1 is 0.500 bits per heavy atom. The van der Waals surface area contributed by atoms with Crippen LogP contribution in [0.3, 0.4) is 0 Å². The van der Waals surface area contributed by atoms with Gasteiger partial charge in [-0.25, -0.2) is 0 Å². The van der Waals surface area contributed by atoms with Gasteiger partial charge in [0.2, 0.25) is 0 Å². The molecule has 4 aromatic rings. The van der Waals surface area contributed by atoms with E-state index in [1.807, 2.05) is 36.4 Å². The molecule has 2 N–H and O–H groups in total. The first-order valence-electron chi connectivity index (χ1n) is 8.53. The first-order chi connectivity index (χ1) is 12.7. The van der Waals surface area contributed by atoms with Crippen LogP contribution in [0, 0.1) is 0 Å². The number of hydrogen-bond acceptors (Lipinski definition) is 1. The molecule has 4 rings (SSSR count). The van der Waals surface area contributed by atoms with Crippen molar-refractivity contribution in [3.8, 4) is 33.4 Å². The third kappa shape index (κ3) is 3.22. The predicted molar refractivity (Wildman–Crippen MR) is 112 cm³/mol. The Morgan fingerprint density at radius 3 is 1.81 bits per heavy atom. The van der Waals surface area contributed by atoms with Gasteiger partial charge in [0.05, 0.1) is 0 Å². The fraction of sp³-hybridized carbons (Fsp3) is 0. The van der Waals surface area contributed by atoms with Crippen molar-refractivity contribution < 1.29 is 0 Å². The molecular formula is C24H18ClN. The summed E-state index contributed by atoms with van der Waals surface area (Å²) in [6, 6.07) is 32.9. The lowest BCUT2D eigenvalue weighted by Gasteiger charge is -2.13. The highest BCUT2D eigenvalue weighted by Gasteiger charge is 2.10. The Bertz CT molecular complexity index is 1040. The first kappa shape index (κ1) is 16.4. The minimum Gasteiger partial charge on any atom is -0.398 e. The average molecular weight is 356 g/mol. The van der Waals surface area contributed by atoms with Gasteiger partial charge in [0.25, 0.3) is 0 Å². The van der Waals surface area contributed by atoms with Crippen molar-refractivity contribution in [3.05, 3.63) is 102 Å². The molecule has 0 atom stereocenters. The van der Waals surface area contributed by atoms with Crippen LogP contribution in [0.25, 0.3) is 33.4 Å². The molecule has 0 bridgehead atoms. The van der Waals surface area contributed by atoms with E-state index < -0.39 is 0 Å². The van der Waals surface area contributed by atoms with Crippen molar-refractivity contribution in [3.63, 3.8) is 0 Å². The summed E-state index contributed by atoms with van der Waals surface area (Å²) in [4.78, 5) is 0. The lowest BCUT2D eigenvalue weighted by atomic mass is 9.92. The number of benzene rings is 4. The van der Waals surface area contributed by atoms with Gasteiger partial charge in [0.15, 0.2) is 0 Å². The summed E-state index contributed by atoms with van der Waals surface area (Å²) in [6.07, 6.45) is 0. The van der Waals surface area contributed by atoms with Crippen LogP contribution in [0.5, 0.6) is 0 Å². The standard InChI is InChI=1S/C24H18ClN/c25-20-14-15-24(26)23(16-20)22-9-5-4-8-21(22)19-12-10-18(11-13-19)17-6-2-1-3-7-17/h1-16H,26H2. The van der Waals surface area contributed by atoms with Gasteiger partial charge in [-0.2, -0.15) is 0 Å². The maximum Gasteiger partial charge on any atom is 0.0413 e. The molecule has 2 heteroatoms. The van der Waals surface area contributed by atoms with Crippen LogP contribution in [0.2, 0.25) is 5.02 Å². The average Bonchev–Trinajstić information content (AvgIpc) is 2.71. The molecule has 0 saturated heterocycles. The van der Waals surface area contributed by atoms with Gasteiger partial charge in [-0.15, -0.1) is 0 Å². The van der Waals surface area contributed by atoms with Gasteiger partial charge >= 0.3 is 0 Å². The summed E-state index contributed by atoms with van der Waals surface area (Å²) in [5, 5.41) is 0.684. The predicted octanol–water partition coefficient (Wildman–Crippen LogP) is 6.92. The lowest BCUT2D eigenvalue weighted by Crippen LogP contribution is -1.92. The molecule has 0 spiro atoms. The fourth-order valence-electron chi connectivity index (χ4n) is 3.20. The van der Waals surface area contributed by atoms with E-state index in [0.717, 1.165) is 27.9 Å². The highest BCUT2D eigenvalue weighted by Crippen LogP contribution is 2.37. The molecule has 0 heterocycles. The zero-order valence-electron chi connectivity index (χ0n) is 14.2. The molecular weight excluding hydrogens is 338 g/mol. The fourth-order valence-corrected chi connectivity index (χ4v) is 3.38. The first-order valence-corrected chi connectivity index (χ1v) is 8.90. The van der Waals surface area contributed by atoms with Crippen LogP contribution < -0.4 is 5.73 Å². The highest BCUT2D eigenvalue weighted by molar-refractivity contribution is 6.31. The van der Waals surface area contributed by atoms with Crippen molar-refractivity contribution in [2.24, 2.45) is 0 Å². The molecule has 0 radical (unpaired) electrons. The van der Waals surface area contributed by atoms with E-state index in [1.54, 1.807) is 0 Å². The minimum absolute atomic E-state index is 0.684. The van der Waals surface area contributed by atoms with Crippen molar-refractivity contribution in [1.29, 1.82) is 0 Å². The van der Waals surface area contributed by atoms with Crippen LogP contribution in [-0.4, -0.2) is 0 Å². The van der Waals surface area contributed by atoms with E-state index >= 15 is 0 Å². The lowest BCUT2D eigenvalue weighted by molar-refractivity contribution is 1.57. The zero-order chi connectivity index (χ0) is 17.9. The van der Waals surface area contributed by atoms with Gasteiger partial charge in [0.1, 0.15) is 0 Å². The van der Waals surface area contributed by atoms with E-state index in [9.17, 15) is 0 Å². The van der Waals surface area contributed by atoms with Crippen molar-refractivity contribution in [1.82, 2.24) is 0 Å². The van der Waals surface area contributed by atoms with Gasteiger partial charge in [-0.1, -0.05) is 90.5 Å². The number of halogens is 1. The van der Waals surface area contributed by atoms with Crippen molar-refractivity contribution in [2.45, 2.75) is 0 Å². The van der Waals surface area contributed by atoms with Gasteiger partial charge in [0, 0.05) is 16.3 Å². The molecule has 4 aromatic carbocycles. The molecule has 126 valence electrons. The van der Waals surface area contributed by atoms with E-state index in [1.165, 1.54) is 11.1 Å². The molecule has 0 aliphatic carbocycles. The third-order valence-corrected chi connectivity index (χ3v) is 4.77.